The van der Waals surface area contributed by atoms with Crippen molar-refractivity contribution in [3.05, 3.63) is 0 Å². The van der Waals surface area contributed by atoms with Gasteiger partial charge in [0.2, 0.25) is 5.91 Å². The van der Waals surface area contributed by atoms with Crippen LogP contribution < -0.4 is 5.32 Å². The number of rotatable bonds is 4. The molecule has 0 fully saturated rings. The molecule has 0 aromatic carbocycles. The molecule has 0 aromatic heterocycles. The van der Waals surface area contributed by atoms with Gasteiger partial charge in [-0.3, -0.25) is 4.79 Å². The summed E-state index contributed by atoms with van der Waals surface area (Å²) in [5, 5.41) is 1.50. The highest BCUT2D eigenvalue weighted by Gasteiger charge is 2.56. The normalized spacial score (nSPS) is 14.9. The van der Waals surface area contributed by atoms with Crippen molar-refractivity contribution in [3.8, 4) is 0 Å². The van der Waals surface area contributed by atoms with E-state index in [1.807, 2.05) is 0 Å². The summed E-state index contributed by atoms with van der Waals surface area (Å²) in [6.45, 7) is -0.343. The van der Waals surface area contributed by atoms with Gasteiger partial charge in [0.1, 0.15) is 0 Å². The third kappa shape index (κ3) is 4.39. The predicted octanol–water partition coefficient (Wildman–Crippen LogP) is 2.05. The lowest BCUT2D eigenvalue weighted by atomic mass is 10.2. The standard InChI is InChI=1S/C7H9F6NO/c1-2-4(15)14-3-6(9,10)5(8)7(11,12)13/h5H,2-3H2,1H3,(H,14,15). The molecule has 0 radical (unpaired) electrons. The van der Waals surface area contributed by atoms with E-state index in [4.69, 9.17) is 0 Å². The fraction of sp³-hybridized carbons (Fsp3) is 0.857. The van der Waals surface area contributed by atoms with Crippen LogP contribution in [-0.4, -0.2) is 30.7 Å². The Labute approximate surface area is 81.6 Å². The second-order valence-electron chi connectivity index (χ2n) is 2.80. The molecule has 1 unspecified atom stereocenters. The Hall–Kier alpha value is -0.950. The van der Waals surface area contributed by atoms with Gasteiger partial charge in [-0.15, -0.1) is 0 Å². The van der Waals surface area contributed by atoms with Gasteiger partial charge in [0, 0.05) is 6.42 Å². The van der Waals surface area contributed by atoms with Crippen LogP contribution in [0.3, 0.4) is 0 Å². The molecule has 1 atom stereocenters. The molecule has 0 aliphatic rings. The Kier molecular flexibility index (Phi) is 4.42. The first kappa shape index (κ1) is 14.0. The Morgan fingerprint density at radius 1 is 1.27 bits per heavy atom. The minimum Gasteiger partial charge on any atom is -0.350 e. The summed E-state index contributed by atoms with van der Waals surface area (Å²) < 4.78 is 72.0. The summed E-state index contributed by atoms with van der Waals surface area (Å²) in [6, 6.07) is 0. The van der Waals surface area contributed by atoms with E-state index in [2.05, 4.69) is 0 Å². The molecule has 90 valence electrons. The molecule has 2 nitrogen and oxygen atoms in total. The molecule has 1 amide bonds. The maximum atomic E-state index is 12.5. The maximum absolute atomic E-state index is 12.5. The number of alkyl halides is 6. The Morgan fingerprint density at radius 3 is 2.07 bits per heavy atom. The molecule has 0 aliphatic heterocycles. The van der Waals surface area contributed by atoms with Crippen LogP contribution in [0.4, 0.5) is 26.3 Å². The van der Waals surface area contributed by atoms with E-state index in [0.29, 0.717) is 0 Å². The van der Waals surface area contributed by atoms with E-state index in [9.17, 15) is 31.1 Å². The summed E-state index contributed by atoms with van der Waals surface area (Å²) in [5.41, 5.74) is 0. The molecule has 0 saturated carbocycles. The number of hydrogen-bond donors (Lipinski definition) is 1. The predicted molar refractivity (Wildman–Crippen MR) is 39.2 cm³/mol. The molecule has 8 heteroatoms. The van der Waals surface area contributed by atoms with Gasteiger partial charge in [0.15, 0.2) is 0 Å². The quantitative estimate of drug-likeness (QED) is 0.745. The van der Waals surface area contributed by atoms with Crippen LogP contribution in [0.5, 0.6) is 0 Å². The minimum absolute atomic E-state index is 0.168. The smallest absolute Gasteiger partial charge is 0.350 e. The van der Waals surface area contributed by atoms with E-state index in [1.165, 1.54) is 12.2 Å². The van der Waals surface area contributed by atoms with Crippen molar-refractivity contribution >= 4 is 5.91 Å². The van der Waals surface area contributed by atoms with Crippen molar-refractivity contribution in [1.29, 1.82) is 0 Å². The Balaban J connectivity index is 4.35. The van der Waals surface area contributed by atoms with Crippen molar-refractivity contribution in [1.82, 2.24) is 5.32 Å². The van der Waals surface area contributed by atoms with Crippen LogP contribution in [0.1, 0.15) is 13.3 Å². The molecular weight excluding hydrogens is 228 g/mol. The average molecular weight is 237 g/mol. The summed E-state index contributed by atoms with van der Waals surface area (Å²) in [5.74, 6) is -5.52. The molecule has 0 aliphatic carbocycles. The molecule has 0 aromatic rings. The summed E-state index contributed by atoms with van der Waals surface area (Å²) in [7, 11) is 0. The second kappa shape index (κ2) is 4.71. The SMILES string of the molecule is CCC(=O)NCC(F)(F)C(F)C(F)(F)F. The van der Waals surface area contributed by atoms with Crippen LogP contribution >= 0.6 is 0 Å². The first-order chi connectivity index (χ1) is 6.61. The fourth-order valence-electron chi connectivity index (χ4n) is 0.670. The van der Waals surface area contributed by atoms with Gasteiger partial charge in [0.05, 0.1) is 6.54 Å². The van der Waals surface area contributed by atoms with E-state index >= 15 is 0 Å². The van der Waals surface area contributed by atoms with Gasteiger partial charge < -0.3 is 5.32 Å². The van der Waals surface area contributed by atoms with Gasteiger partial charge in [-0.2, -0.15) is 13.2 Å². The van der Waals surface area contributed by atoms with Crippen LogP contribution in [-0.2, 0) is 4.79 Å². The average Bonchev–Trinajstić information content (AvgIpc) is 2.11. The Morgan fingerprint density at radius 2 is 1.73 bits per heavy atom. The van der Waals surface area contributed by atoms with Crippen molar-refractivity contribution in [3.63, 3.8) is 0 Å². The third-order valence-corrected chi connectivity index (χ3v) is 1.50. The molecule has 1 N–H and O–H groups in total. The number of carbonyl (C=O) groups excluding carboxylic acids is 1. The Bertz CT molecular complexity index is 226. The minimum atomic E-state index is -5.64. The topological polar surface area (TPSA) is 29.1 Å². The molecule has 0 rings (SSSR count). The third-order valence-electron chi connectivity index (χ3n) is 1.50. The highest BCUT2D eigenvalue weighted by Crippen LogP contribution is 2.34. The highest BCUT2D eigenvalue weighted by atomic mass is 19.4. The number of carbonyl (C=O) groups is 1. The zero-order chi connectivity index (χ0) is 12.3. The van der Waals surface area contributed by atoms with Gasteiger partial charge in [-0.05, 0) is 0 Å². The van der Waals surface area contributed by atoms with Crippen LogP contribution in [0.15, 0.2) is 0 Å². The van der Waals surface area contributed by atoms with Crippen LogP contribution in [0.2, 0.25) is 0 Å². The van der Waals surface area contributed by atoms with Gasteiger partial charge in [-0.1, -0.05) is 6.92 Å². The van der Waals surface area contributed by atoms with E-state index < -0.39 is 30.7 Å². The summed E-state index contributed by atoms with van der Waals surface area (Å²) >= 11 is 0. The van der Waals surface area contributed by atoms with Gasteiger partial charge in [-0.25, -0.2) is 13.2 Å². The van der Waals surface area contributed by atoms with Crippen molar-refractivity contribution in [2.75, 3.05) is 6.54 Å². The van der Waals surface area contributed by atoms with Gasteiger partial charge >= 0.3 is 12.1 Å². The van der Waals surface area contributed by atoms with Crippen molar-refractivity contribution < 1.29 is 31.1 Å². The number of hydrogen-bond acceptors (Lipinski definition) is 1. The number of halogens is 6. The first-order valence-electron chi connectivity index (χ1n) is 3.96. The molecule has 15 heavy (non-hydrogen) atoms. The van der Waals surface area contributed by atoms with Crippen LogP contribution in [0, 0.1) is 0 Å². The fourth-order valence-corrected chi connectivity index (χ4v) is 0.670. The number of nitrogens with one attached hydrogen (secondary N) is 1. The van der Waals surface area contributed by atoms with E-state index in [1.54, 1.807) is 0 Å². The van der Waals surface area contributed by atoms with Gasteiger partial charge in [0.25, 0.3) is 6.17 Å². The number of amides is 1. The monoisotopic (exact) mass is 237 g/mol. The van der Waals surface area contributed by atoms with E-state index in [-0.39, 0.29) is 6.42 Å². The first-order valence-corrected chi connectivity index (χ1v) is 3.96. The zero-order valence-electron chi connectivity index (χ0n) is 7.67. The van der Waals surface area contributed by atoms with Crippen molar-refractivity contribution in [2.24, 2.45) is 0 Å². The zero-order valence-corrected chi connectivity index (χ0v) is 7.67. The second-order valence-corrected chi connectivity index (χ2v) is 2.80. The largest absolute Gasteiger partial charge is 0.425 e. The van der Waals surface area contributed by atoms with Crippen LogP contribution in [0.25, 0.3) is 0 Å². The molecule has 0 bridgehead atoms. The molecule has 0 saturated heterocycles. The highest BCUT2D eigenvalue weighted by molar-refractivity contribution is 5.75. The molecule has 0 spiro atoms. The van der Waals surface area contributed by atoms with Crippen molar-refractivity contribution in [2.45, 2.75) is 31.6 Å². The molecule has 0 heterocycles. The molecular formula is C7H9F6NO. The summed E-state index contributed by atoms with van der Waals surface area (Å²) in [4.78, 5) is 10.5. The van der Waals surface area contributed by atoms with E-state index in [0.717, 1.165) is 0 Å². The summed E-state index contributed by atoms with van der Waals surface area (Å²) in [6.07, 6.45) is -10.1. The maximum Gasteiger partial charge on any atom is 0.425 e. The lowest BCUT2D eigenvalue weighted by molar-refractivity contribution is -0.242. The lowest BCUT2D eigenvalue weighted by Crippen LogP contribution is -2.49. The lowest BCUT2D eigenvalue weighted by Gasteiger charge is -2.22.